The fourth-order valence-corrected chi connectivity index (χ4v) is 3.67. The van der Waals surface area contributed by atoms with Gasteiger partial charge >= 0.3 is 0 Å². The van der Waals surface area contributed by atoms with E-state index in [0.717, 1.165) is 18.1 Å². The van der Waals surface area contributed by atoms with Crippen molar-refractivity contribution < 1.29 is 0 Å². The van der Waals surface area contributed by atoms with Crippen LogP contribution in [0.2, 0.25) is 0 Å². The van der Waals surface area contributed by atoms with E-state index in [0.29, 0.717) is 0 Å². The normalized spacial score (nSPS) is 37.2. The molecule has 2 atom stereocenters. The summed E-state index contributed by atoms with van der Waals surface area (Å²) >= 11 is 0. The van der Waals surface area contributed by atoms with Gasteiger partial charge in [0.2, 0.25) is 0 Å². The van der Waals surface area contributed by atoms with Gasteiger partial charge in [0, 0.05) is 44.3 Å². The van der Waals surface area contributed by atoms with Gasteiger partial charge in [-0.2, -0.15) is 0 Å². The zero-order chi connectivity index (χ0) is 11.7. The van der Waals surface area contributed by atoms with E-state index in [2.05, 4.69) is 22.2 Å². The Labute approximate surface area is 106 Å². The van der Waals surface area contributed by atoms with Crippen molar-refractivity contribution in [2.75, 3.05) is 33.2 Å². The Morgan fingerprint density at radius 1 is 0.824 bits per heavy atom. The van der Waals surface area contributed by atoms with Crippen LogP contribution in [0.25, 0.3) is 0 Å². The molecular weight excluding hydrogens is 210 g/mol. The van der Waals surface area contributed by atoms with Crippen LogP contribution >= 0.6 is 0 Å². The second-order valence-corrected chi connectivity index (χ2v) is 6.11. The van der Waals surface area contributed by atoms with Gasteiger partial charge in [0.05, 0.1) is 0 Å². The second kappa shape index (κ2) is 5.25. The van der Waals surface area contributed by atoms with Crippen molar-refractivity contribution in [2.45, 2.75) is 56.7 Å². The monoisotopic (exact) mass is 237 g/mol. The highest BCUT2D eigenvalue weighted by Crippen LogP contribution is 2.29. The second-order valence-electron chi connectivity index (χ2n) is 6.11. The highest BCUT2D eigenvalue weighted by Gasteiger charge is 2.33. The molecule has 3 rings (SSSR count). The van der Waals surface area contributed by atoms with Crippen molar-refractivity contribution in [3.63, 3.8) is 0 Å². The Kier molecular flexibility index (Phi) is 3.69. The highest BCUT2D eigenvalue weighted by atomic mass is 15.3. The fourth-order valence-electron chi connectivity index (χ4n) is 3.67. The van der Waals surface area contributed by atoms with E-state index >= 15 is 0 Å². The lowest BCUT2D eigenvalue weighted by atomic mass is 9.89. The van der Waals surface area contributed by atoms with Crippen LogP contribution in [0.5, 0.6) is 0 Å². The quantitative estimate of drug-likeness (QED) is 0.798. The Bertz CT molecular complexity index is 244. The lowest BCUT2D eigenvalue weighted by Gasteiger charge is -2.42. The van der Waals surface area contributed by atoms with Gasteiger partial charge in [0.1, 0.15) is 0 Å². The topological polar surface area (TPSA) is 18.5 Å². The molecule has 1 saturated heterocycles. The average molecular weight is 237 g/mol. The first-order chi connectivity index (χ1) is 8.36. The van der Waals surface area contributed by atoms with E-state index in [1.54, 1.807) is 0 Å². The molecule has 2 saturated carbocycles. The van der Waals surface area contributed by atoms with Crippen LogP contribution in [0.3, 0.4) is 0 Å². The summed E-state index contributed by atoms with van der Waals surface area (Å²) in [7, 11) is 2.12. The number of piperazine rings is 1. The molecule has 0 spiro atoms. The molecule has 1 aliphatic heterocycles. The summed E-state index contributed by atoms with van der Waals surface area (Å²) in [6.07, 6.45) is 8.53. The fraction of sp³-hybridized carbons (Fsp3) is 1.00. The van der Waals surface area contributed by atoms with Crippen LogP contribution in [0.4, 0.5) is 0 Å². The molecule has 17 heavy (non-hydrogen) atoms. The van der Waals surface area contributed by atoms with Gasteiger partial charge in [-0.25, -0.2) is 0 Å². The molecule has 1 heterocycles. The Balaban J connectivity index is 1.48. The van der Waals surface area contributed by atoms with Crippen molar-refractivity contribution in [2.24, 2.45) is 0 Å². The first-order valence-corrected chi connectivity index (χ1v) is 7.52. The summed E-state index contributed by atoms with van der Waals surface area (Å²) in [5.74, 6) is 0. The van der Waals surface area contributed by atoms with E-state index < -0.39 is 0 Å². The number of nitrogens with zero attached hydrogens (tertiary/aromatic N) is 2. The largest absolute Gasteiger partial charge is 0.317 e. The van der Waals surface area contributed by atoms with E-state index in [9.17, 15) is 0 Å². The SMILES string of the molecule is CNC1CCCC(N2CCN(C3CC3)CC2)C1. The van der Waals surface area contributed by atoms with Gasteiger partial charge in [0.15, 0.2) is 0 Å². The highest BCUT2D eigenvalue weighted by molar-refractivity contribution is 4.90. The Morgan fingerprint density at radius 3 is 2.06 bits per heavy atom. The molecule has 2 aliphatic carbocycles. The van der Waals surface area contributed by atoms with Crippen LogP contribution in [-0.2, 0) is 0 Å². The van der Waals surface area contributed by atoms with Crippen molar-refractivity contribution >= 4 is 0 Å². The van der Waals surface area contributed by atoms with Crippen LogP contribution in [0.15, 0.2) is 0 Å². The first kappa shape index (κ1) is 11.9. The molecule has 3 fully saturated rings. The van der Waals surface area contributed by atoms with E-state index in [1.807, 2.05) is 0 Å². The standard InChI is InChI=1S/C14H27N3/c1-15-12-3-2-4-14(11-12)17-9-7-16(8-10-17)13-5-6-13/h12-15H,2-11H2,1H3. The van der Waals surface area contributed by atoms with Crippen molar-refractivity contribution in [1.82, 2.24) is 15.1 Å². The number of rotatable bonds is 3. The van der Waals surface area contributed by atoms with Crippen molar-refractivity contribution in [1.29, 1.82) is 0 Å². The number of nitrogens with one attached hydrogen (secondary N) is 1. The van der Waals surface area contributed by atoms with Crippen molar-refractivity contribution in [3.8, 4) is 0 Å². The summed E-state index contributed by atoms with van der Waals surface area (Å²) in [4.78, 5) is 5.48. The maximum absolute atomic E-state index is 3.47. The van der Waals surface area contributed by atoms with E-state index in [1.165, 1.54) is 64.7 Å². The molecule has 2 unspecified atom stereocenters. The smallest absolute Gasteiger partial charge is 0.0113 e. The summed E-state index contributed by atoms with van der Waals surface area (Å²) in [5.41, 5.74) is 0. The number of hydrogen-bond acceptors (Lipinski definition) is 3. The van der Waals surface area contributed by atoms with Gasteiger partial charge in [-0.05, 0) is 39.2 Å². The molecule has 3 aliphatic rings. The predicted molar refractivity (Wildman–Crippen MR) is 71.3 cm³/mol. The third-order valence-electron chi connectivity index (χ3n) is 4.98. The lowest BCUT2D eigenvalue weighted by Crippen LogP contribution is -2.53. The molecule has 0 bridgehead atoms. The third-order valence-corrected chi connectivity index (χ3v) is 4.98. The third kappa shape index (κ3) is 2.83. The van der Waals surface area contributed by atoms with Gasteiger partial charge < -0.3 is 5.32 Å². The Morgan fingerprint density at radius 2 is 1.47 bits per heavy atom. The molecule has 3 nitrogen and oxygen atoms in total. The number of hydrogen-bond donors (Lipinski definition) is 1. The molecule has 0 aromatic heterocycles. The first-order valence-electron chi connectivity index (χ1n) is 7.52. The maximum atomic E-state index is 3.47. The van der Waals surface area contributed by atoms with Gasteiger partial charge in [-0.1, -0.05) is 6.42 Å². The van der Waals surface area contributed by atoms with E-state index in [-0.39, 0.29) is 0 Å². The van der Waals surface area contributed by atoms with Crippen LogP contribution < -0.4 is 5.32 Å². The summed E-state index contributed by atoms with van der Waals surface area (Å²) in [6.45, 7) is 5.28. The lowest BCUT2D eigenvalue weighted by molar-refractivity contribution is 0.0691. The van der Waals surface area contributed by atoms with Crippen LogP contribution in [0.1, 0.15) is 38.5 Å². The van der Waals surface area contributed by atoms with Gasteiger partial charge in [-0.3, -0.25) is 9.80 Å². The molecule has 0 amide bonds. The molecule has 1 N–H and O–H groups in total. The summed E-state index contributed by atoms with van der Waals surface area (Å²) in [6, 6.07) is 2.60. The molecule has 3 heteroatoms. The van der Waals surface area contributed by atoms with Gasteiger partial charge in [-0.15, -0.1) is 0 Å². The molecule has 0 aromatic rings. The minimum Gasteiger partial charge on any atom is -0.317 e. The van der Waals surface area contributed by atoms with Crippen LogP contribution in [-0.4, -0.2) is 61.2 Å². The van der Waals surface area contributed by atoms with E-state index in [4.69, 9.17) is 0 Å². The minimum absolute atomic E-state index is 0.773. The predicted octanol–water partition coefficient (Wildman–Crippen LogP) is 1.30. The molecule has 98 valence electrons. The Hall–Kier alpha value is -0.120. The molecule has 0 aromatic carbocycles. The van der Waals surface area contributed by atoms with Crippen LogP contribution in [0, 0.1) is 0 Å². The summed E-state index contributed by atoms with van der Waals surface area (Å²) < 4.78 is 0. The minimum atomic E-state index is 0.773. The van der Waals surface area contributed by atoms with Crippen molar-refractivity contribution in [3.05, 3.63) is 0 Å². The zero-order valence-corrected chi connectivity index (χ0v) is 11.2. The summed E-state index contributed by atoms with van der Waals surface area (Å²) in [5, 5.41) is 3.47. The molecular formula is C14H27N3. The maximum Gasteiger partial charge on any atom is 0.0113 e. The molecule has 0 radical (unpaired) electrons. The zero-order valence-electron chi connectivity index (χ0n) is 11.2. The van der Waals surface area contributed by atoms with Gasteiger partial charge in [0.25, 0.3) is 0 Å². The average Bonchev–Trinajstić information content (AvgIpc) is 3.23.